The molecule has 2 aromatic rings. The second-order valence-electron chi connectivity index (χ2n) is 16.1. The number of pyridine rings is 1. The molecule has 0 spiro atoms. The summed E-state index contributed by atoms with van der Waals surface area (Å²) in [5.41, 5.74) is -3.22. The first-order chi connectivity index (χ1) is 24.2. The van der Waals surface area contributed by atoms with Crippen molar-refractivity contribution in [2.45, 2.75) is 115 Å². The lowest BCUT2D eigenvalue weighted by molar-refractivity contribution is -0.143. The van der Waals surface area contributed by atoms with Gasteiger partial charge in [0.1, 0.15) is 35.1 Å². The van der Waals surface area contributed by atoms with Gasteiger partial charge in [-0.15, -0.1) is 6.58 Å². The van der Waals surface area contributed by atoms with Crippen LogP contribution in [0.4, 0.5) is 4.79 Å². The predicted molar refractivity (Wildman–Crippen MR) is 194 cm³/mol. The minimum atomic E-state index is -4.01. The maximum Gasteiger partial charge on any atom is 0.408 e. The van der Waals surface area contributed by atoms with Crippen LogP contribution in [0.1, 0.15) is 80.6 Å². The number of sulfonamides is 1. The van der Waals surface area contributed by atoms with Crippen LogP contribution in [0.15, 0.2) is 43.1 Å². The number of nitrogens with one attached hydrogen (secondary N) is 3. The van der Waals surface area contributed by atoms with Gasteiger partial charge >= 0.3 is 6.09 Å². The number of fused-ring (bicyclic) bond motifs is 1. The first-order valence-corrected chi connectivity index (χ1v) is 19.1. The molecule has 3 N–H and O–H groups in total. The van der Waals surface area contributed by atoms with E-state index in [0.29, 0.717) is 30.4 Å². The van der Waals surface area contributed by atoms with E-state index in [9.17, 15) is 27.6 Å². The lowest BCUT2D eigenvalue weighted by Crippen LogP contribution is -2.60. The summed E-state index contributed by atoms with van der Waals surface area (Å²) in [6.45, 7) is 16.0. The number of likely N-dealkylation sites (tertiary alicyclic amines) is 1. The van der Waals surface area contributed by atoms with Crippen molar-refractivity contribution in [1.82, 2.24) is 25.2 Å². The molecule has 0 bridgehead atoms. The number of benzene rings is 1. The Kier molecular flexibility index (Phi) is 10.4. The van der Waals surface area contributed by atoms with Gasteiger partial charge < -0.3 is 29.7 Å². The molecule has 1 aliphatic heterocycles. The molecule has 4 amide bonds. The molecule has 0 unspecified atom stereocenters. The van der Waals surface area contributed by atoms with Gasteiger partial charge in [0.15, 0.2) is 0 Å². The Morgan fingerprint density at radius 3 is 2.37 bits per heavy atom. The number of methoxy groups -OCH3 is 1. The fourth-order valence-corrected chi connectivity index (χ4v) is 8.39. The Hall–Kier alpha value is -4.40. The smallest absolute Gasteiger partial charge is 0.408 e. The summed E-state index contributed by atoms with van der Waals surface area (Å²) in [4.78, 5) is 61.2. The third-order valence-corrected chi connectivity index (χ3v) is 12.4. The highest BCUT2D eigenvalue weighted by Crippen LogP contribution is 2.48. The molecule has 1 aromatic carbocycles. The van der Waals surface area contributed by atoms with Gasteiger partial charge in [-0.2, -0.15) is 0 Å². The molecule has 15 heteroatoms. The summed E-state index contributed by atoms with van der Waals surface area (Å²) in [6.07, 6.45) is 2.97. The molecule has 1 aromatic heterocycles. The van der Waals surface area contributed by atoms with Gasteiger partial charge in [0.2, 0.25) is 27.7 Å². The van der Waals surface area contributed by atoms with Gasteiger partial charge in [0.05, 0.1) is 18.4 Å². The number of carbonyl (C=O) groups excluding carboxylic acids is 4. The lowest BCUT2D eigenvalue weighted by atomic mass is 9.85. The van der Waals surface area contributed by atoms with E-state index in [2.05, 4.69) is 26.9 Å². The highest BCUT2D eigenvalue weighted by molar-refractivity contribution is 7.91. The highest BCUT2D eigenvalue weighted by atomic mass is 32.2. The van der Waals surface area contributed by atoms with Crippen molar-refractivity contribution in [2.75, 3.05) is 13.7 Å². The molecule has 284 valence electrons. The molecule has 52 heavy (non-hydrogen) atoms. The van der Waals surface area contributed by atoms with Crippen LogP contribution in [0.5, 0.6) is 11.6 Å². The molecule has 2 saturated carbocycles. The SMILES string of the molecule is C=C[C@@H]1C[C@]1(NC(=O)[C@@H]1C[C@@H](Oc2nccc3cc(OC)ccc23)CN1C(=O)[C@@H](NC(=O)OC(C)(C)C)C(C)(C)C)C(=O)NS(=O)(=O)C1(CC)CC1. The average Bonchev–Trinajstić information content (AvgIpc) is 3.96. The first-order valence-electron chi connectivity index (χ1n) is 17.6. The largest absolute Gasteiger partial charge is 0.497 e. The molecular formula is C37H51N5O9S. The molecule has 5 rings (SSSR count). The van der Waals surface area contributed by atoms with E-state index >= 15 is 0 Å². The van der Waals surface area contributed by atoms with E-state index in [1.807, 2.05) is 18.2 Å². The van der Waals surface area contributed by atoms with Crippen molar-refractivity contribution >= 4 is 44.6 Å². The van der Waals surface area contributed by atoms with Crippen molar-refractivity contribution in [1.29, 1.82) is 0 Å². The molecule has 3 fully saturated rings. The lowest BCUT2D eigenvalue weighted by Gasteiger charge is -2.36. The molecule has 0 radical (unpaired) electrons. The van der Waals surface area contributed by atoms with Gasteiger partial charge in [0, 0.05) is 23.9 Å². The van der Waals surface area contributed by atoms with Crippen molar-refractivity contribution in [3.63, 3.8) is 0 Å². The molecular weight excluding hydrogens is 691 g/mol. The minimum Gasteiger partial charge on any atom is -0.497 e. The predicted octanol–water partition coefficient (Wildman–Crippen LogP) is 3.98. The van der Waals surface area contributed by atoms with Crippen molar-refractivity contribution in [3.05, 3.63) is 43.1 Å². The van der Waals surface area contributed by atoms with E-state index in [1.54, 1.807) is 67.8 Å². The number of alkyl carbamates (subject to hydrolysis) is 1. The number of amides is 4. The van der Waals surface area contributed by atoms with E-state index in [1.165, 1.54) is 11.0 Å². The third-order valence-electron chi connectivity index (χ3n) is 10.1. The maximum atomic E-state index is 14.5. The summed E-state index contributed by atoms with van der Waals surface area (Å²) in [5, 5.41) is 7.01. The minimum absolute atomic E-state index is 0.0167. The number of carbonyl (C=O) groups is 4. The Morgan fingerprint density at radius 2 is 1.81 bits per heavy atom. The van der Waals surface area contributed by atoms with Crippen LogP contribution >= 0.6 is 0 Å². The molecule has 14 nitrogen and oxygen atoms in total. The summed E-state index contributed by atoms with van der Waals surface area (Å²) in [5.74, 6) is -1.67. The monoisotopic (exact) mass is 741 g/mol. The van der Waals surface area contributed by atoms with Gasteiger partial charge in [0.25, 0.3) is 5.91 Å². The normalized spacial score (nSPS) is 24.3. The molecule has 1 saturated heterocycles. The van der Waals surface area contributed by atoms with Crippen molar-refractivity contribution in [3.8, 4) is 11.6 Å². The van der Waals surface area contributed by atoms with Crippen LogP contribution in [0, 0.1) is 11.3 Å². The Morgan fingerprint density at radius 1 is 1.12 bits per heavy atom. The van der Waals surface area contributed by atoms with E-state index in [4.69, 9.17) is 14.2 Å². The van der Waals surface area contributed by atoms with Crippen molar-refractivity contribution < 1.29 is 41.8 Å². The fraction of sp³-hybridized carbons (Fsp3) is 0.595. The summed E-state index contributed by atoms with van der Waals surface area (Å²) < 4.78 is 44.8. The summed E-state index contributed by atoms with van der Waals surface area (Å²) >= 11 is 0. The number of nitrogens with zero attached hydrogens (tertiary/aromatic N) is 2. The fourth-order valence-electron chi connectivity index (χ4n) is 6.73. The van der Waals surface area contributed by atoms with Crippen LogP contribution in [0.2, 0.25) is 0 Å². The Bertz CT molecular complexity index is 1860. The topological polar surface area (TPSA) is 182 Å². The maximum absolute atomic E-state index is 14.5. The zero-order valence-corrected chi connectivity index (χ0v) is 32.0. The van der Waals surface area contributed by atoms with E-state index in [-0.39, 0.29) is 25.3 Å². The second kappa shape index (κ2) is 13.9. The van der Waals surface area contributed by atoms with Crippen LogP contribution in [-0.2, 0) is 29.1 Å². The van der Waals surface area contributed by atoms with Crippen LogP contribution in [-0.4, -0.2) is 89.8 Å². The quantitative estimate of drug-likeness (QED) is 0.269. The van der Waals surface area contributed by atoms with Gasteiger partial charge in [-0.05, 0) is 81.5 Å². The number of rotatable bonds is 12. The standard InChI is InChI=1S/C37H51N5O9S/c1-10-23-20-37(23,32(45)41-52(47,48)36(11-2)15-16-36)40-29(43)27-19-25(50-30-26-13-12-24(49-9)18-22(26)14-17-38-30)21-42(27)31(44)28(34(3,4)5)39-33(46)51-35(6,7)8/h10,12-14,17-18,23,25,27-28H,1,11,15-16,19-21H2,2-9H3,(H,39,46)(H,40,43)(H,41,45)/t23-,25-,27+,28-,37-/m1/s1. The zero-order valence-electron chi connectivity index (χ0n) is 31.2. The Labute approximate surface area is 305 Å². The van der Waals surface area contributed by atoms with Crippen LogP contribution in [0.3, 0.4) is 0 Å². The third kappa shape index (κ3) is 7.83. The summed E-state index contributed by atoms with van der Waals surface area (Å²) in [7, 11) is -2.44. The van der Waals surface area contributed by atoms with E-state index in [0.717, 1.165) is 5.39 Å². The van der Waals surface area contributed by atoms with Gasteiger partial charge in [-0.1, -0.05) is 33.8 Å². The molecule has 2 aliphatic carbocycles. The van der Waals surface area contributed by atoms with Gasteiger partial charge in [-0.25, -0.2) is 18.2 Å². The van der Waals surface area contributed by atoms with Gasteiger partial charge in [-0.3, -0.25) is 19.1 Å². The first kappa shape index (κ1) is 38.8. The second-order valence-corrected chi connectivity index (χ2v) is 18.2. The van der Waals surface area contributed by atoms with E-state index < -0.39 is 79.2 Å². The number of hydrogen-bond acceptors (Lipinski definition) is 10. The zero-order chi connectivity index (χ0) is 38.4. The number of hydrogen-bond donors (Lipinski definition) is 3. The number of ether oxygens (including phenoxy) is 3. The average molecular weight is 742 g/mol. The summed E-state index contributed by atoms with van der Waals surface area (Å²) in [6, 6.07) is 4.95. The molecule has 5 atom stereocenters. The molecule has 2 heterocycles. The Balaban J connectivity index is 1.45. The van der Waals surface area contributed by atoms with Crippen LogP contribution < -0.4 is 24.8 Å². The van der Waals surface area contributed by atoms with Crippen molar-refractivity contribution in [2.24, 2.45) is 11.3 Å². The highest BCUT2D eigenvalue weighted by Gasteiger charge is 2.63. The molecule has 3 aliphatic rings. The number of aromatic nitrogens is 1. The van der Waals surface area contributed by atoms with Crippen LogP contribution in [0.25, 0.3) is 10.8 Å².